The van der Waals surface area contributed by atoms with E-state index in [9.17, 15) is 18.8 Å². The molecule has 0 spiro atoms. The van der Waals surface area contributed by atoms with Gasteiger partial charge in [0.1, 0.15) is 17.1 Å². The van der Waals surface area contributed by atoms with Crippen molar-refractivity contribution >= 4 is 23.4 Å². The first-order valence-electron chi connectivity index (χ1n) is 13.8. The van der Waals surface area contributed by atoms with Crippen LogP contribution in [0.3, 0.4) is 0 Å². The minimum atomic E-state index is -1.07. The number of unbranched alkanes of at least 4 members (excludes halogenated alkanes) is 1. The molecule has 1 saturated carbocycles. The van der Waals surface area contributed by atoms with Crippen LogP contribution in [0, 0.1) is 5.82 Å². The number of carbonyl (C=O) groups is 3. The topological polar surface area (TPSA) is 90.8 Å². The molecule has 38 heavy (non-hydrogen) atoms. The van der Waals surface area contributed by atoms with E-state index in [1.165, 1.54) is 12.1 Å². The van der Waals surface area contributed by atoms with Gasteiger partial charge in [-0.3, -0.25) is 19.1 Å². The molecule has 10 heteroatoms. The maximum Gasteiger partial charge on any atom is 0.274 e. The summed E-state index contributed by atoms with van der Waals surface area (Å²) in [6.07, 6.45) is 5.82. The number of amides is 3. The summed E-state index contributed by atoms with van der Waals surface area (Å²) in [5.74, 6) is -0.918. The minimum Gasteiger partial charge on any atom is -0.368 e. The molecule has 3 aliphatic rings. The molecule has 1 aromatic heterocycles. The number of benzene rings is 1. The van der Waals surface area contributed by atoms with Gasteiger partial charge in [0.25, 0.3) is 11.8 Å². The number of halogens is 1. The Bertz CT molecular complexity index is 1180. The highest BCUT2D eigenvalue weighted by molar-refractivity contribution is 6.02. The molecule has 1 atom stereocenters. The number of aromatic nitrogens is 2. The quantitative estimate of drug-likeness (QED) is 0.601. The number of rotatable bonds is 7. The van der Waals surface area contributed by atoms with Gasteiger partial charge in [0.2, 0.25) is 5.91 Å². The van der Waals surface area contributed by atoms with Crippen LogP contribution in [-0.4, -0.2) is 81.6 Å². The van der Waals surface area contributed by atoms with Crippen molar-refractivity contribution in [2.75, 3.05) is 37.6 Å². The van der Waals surface area contributed by atoms with Gasteiger partial charge in [0.05, 0.1) is 6.54 Å². The van der Waals surface area contributed by atoms with Gasteiger partial charge in [-0.2, -0.15) is 5.10 Å². The van der Waals surface area contributed by atoms with Gasteiger partial charge in [-0.25, -0.2) is 4.39 Å². The molecule has 0 radical (unpaired) electrons. The van der Waals surface area contributed by atoms with E-state index in [2.05, 4.69) is 22.2 Å². The van der Waals surface area contributed by atoms with Crippen LogP contribution >= 0.6 is 0 Å². The SMILES string of the molecule is CCCCN1C(=O)c2cc(C(=O)N3CCN(c4ccc(F)cc4)CC3)nn2CC1(C)C(=O)NC1CCCC1. The fraction of sp³-hybridized carbons (Fsp3) is 0.571. The fourth-order valence-electron chi connectivity index (χ4n) is 5.80. The van der Waals surface area contributed by atoms with Gasteiger partial charge in [0, 0.05) is 50.5 Å². The van der Waals surface area contributed by atoms with E-state index in [1.807, 2.05) is 6.92 Å². The summed E-state index contributed by atoms with van der Waals surface area (Å²) in [6, 6.07) is 8.07. The summed E-state index contributed by atoms with van der Waals surface area (Å²) in [4.78, 5) is 46.0. The van der Waals surface area contributed by atoms with E-state index in [1.54, 1.807) is 32.7 Å². The third-order valence-corrected chi connectivity index (χ3v) is 8.19. The molecule has 2 aliphatic heterocycles. The molecule has 1 saturated heterocycles. The highest BCUT2D eigenvalue weighted by Gasteiger charge is 2.48. The maximum absolute atomic E-state index is 13.6. The molecule has 1 unspecified atom stereocenters. The monoisotopic (exact) mass is 524 g/mol. The van der Waals surface area contributed by atoms with Crippen LogP contribution in [0.2, 0.25) is 0 Å². The summed E-state index contributed by atoms with van der Waals surface area (Å²) in [5, 5.41) is 7.70. The molecule has 2 aromatic rings. The number of piperazine rings is 1. The second-order valence-corrected chi connectivity index (χ2v) is 10.9. The predicted molar refractivity (Wildman–Crippen MR) is 141 cm³/mol. The van der Waals surface area contributed by atoms with Gasteiger partial charge in [0.15, 0.2) is 5.69 Å². The molecule has 3 heterocycles. The molecule has 0 bridgehead atoms. The van der Waals surface area contributed by atoms with E-state index in [-0.39, 0.29) is 41.8 Å². The molecule has 204 valence electrons. The van der Waals surface area contributed by atoms with Crippen LogP contribution in [0.25, 0.3) is 0 Å². The number of carbonyl (C=O) groups excluding carboxylic acids is 3. The van der Waals surface area contributed by atoms with Crippen LogP contribution in [0.1, 0.15) is 73.3 Å². The Labute approximate surface area is 222 Å². The van der Waals surface area contributed by atoms with Gasteiger partial charge >= 0.3 is 0 Å². The lowest BCUT2D eigenvalue weighted by Crippen LogP contribution is -2.65. The zero-order chi connectivity index (χ0) is 26.9. The molecule has 3 amide bonds. The average Bonchev–Trinajstić information content (AvgIpc) is 3.59. The van der Waals surface area contributed by atoms with Crippen molar-refractivity contribution in [3.63, 3.8) is 0 Å². The van der Waals surface area contributed by atoms with Crippen LogP contribution < -0.4 is 10.2 Å². The van der Waals surface area contributed by atoms with Crippen molar-refractivity contribution in [3.05, 3.63) is 47.5 Å². The molecular weight excluding hydrogens is 487 g/mol. The van der Waals surface area contributed by atoms with Gasteiger partial charge < -0.3 is 20.0 Å². The van der Waals surface area contributed by atoms with Crippen LogP contribution in [0.4, 0.5) is 10.1 Å². The molecule has 1 aliphatic carbocycles. The van der Waals surface area contributed by atoms with E-state index < -0.39 is 5.54 Å². The zero-order valence-electron chi connectivity index (χ0n) is 22.3. The Morgan fingerprint density at radius 1 is 1.11 bits per heavy atom. The maximum atomic E-state index is 13.6. The number of hydrogen-bond donors (Lipinski definition) is 1. The lowest BCUT2D eigenvalue weighted by atomic mass is 9.94. The Morgan fingerprint density at radius 3 is 2.45 bits per heavy atom. The van der Waals surface area contributed by atoms with Crippen LogP contribution in [0.15, 0.2) is 30.3 Å². The smallest absolute Gasteiger partial charge is 0.274 e. The Kier molecular flexibility index (Phi) is 7.40. The number of hydrogen-bond acceptors (Lipinski definition) is 5. The van der Waals surface area contributed by atoms with Gasteiger partial charge in [-0.15, -0.1) is 0 Å². The predicted octanol–water partition coefficient (Wildman–Crippen LogP) is 3.06. The Morgan fingerprint density at radius 2 is 1.79 bits per heavy atom. The Hall–Kier alpha value is -3.43. The number of nitrogens with one attached hydrogen (secondary N) is 1. The highest BCUT2D eigenvalue weighted by atomic mass is 19.1. The first kappa shape index (κ1) is 26.2. The molecule has 5 rings (SSSR count). The normalized spacial score (nSPS) is 22.1. The second kappa shape index (κ2) is 10.7. The summed E-state index contributed by atoms with van der Waals surface area (Å²) in [7, 11) is 0. The van der Waals surface area contributed by atoms with Crippen LogP contribution in [-0.2, 0) is 11.3 Å². The summed E-state index contributed by atoms with van der Waals surface area (Å²) in [6.45, 7) is 6.79. The minimum absolute atomic E-state index is 0.146. The average molecular weight is 525 g/mol. The first-order valence-corrected chi connectivity index (χ1v) is 13.8. The number of fused-ring (bicyclic) bond motifs is 1. The highest BCUT2D eigenvalue weighted by Crippen LogP contribution is 2.30. The van der Waals surface area contributed by atoms with Gasteiger partial charge in [-0.1, -0.05) is 26.2 Å². The molecular formula is C28H37FN6O3. The number of nitrogens with zero attached hydrogens (tertiary/aromatic N) is 5. The van der Waals surface area contributed by atoms with Crippen molar-refractivity contribution < 1.29 is 18.8 Å². The summed E-state index contributed by atoms with van der Waals surface area (Å²) >= 11 is 0. The lowest BCUT2D eigenvalue weighted by Gasteiger charge is -2.43. The summed E-state index contributed by atoms with van der Waals surface area (Å²) < 4.78 is 14.8. The number of anilines is 1. The van der Waals surface area contributed by atoms with E-state index in [0.717, 1.165) is 44.2 Å². The van der Waals surface area contributed by atoms with Crippen LogP contribution in [0.5, 0.6) is 0 Å². The molecule has 1 aromatic carbocycles. The van der Waals surface area contributed by atoms with E-state index in [4.69, 9.17) is 0 Å². The van der Waals surface area contributed by atoms with Crippen molar-refractivity contribution in [1.82, 2.24) is 24.9 Å². The van der Waals surface area contributed by atoms with E-state index >= 15 is 0 Å². The summed E-state index contributed by atoms with van der Waals surface area (Å²) in [5.41, 5.74) is 0.415. The molecule has 1 N–H and O–H groups in total. The van der Waals surface area contributed by atoms with Crippen molar-refractivity contribution in [2.24, 2.45) is 0 Å². The third-order valence-electron chi connectivity index (χ3n) is 8.19. The third kappa shape index (κ3) is 5.00. The fourth-order valence-corrected chi connectivity index (χ4v) is 5.80. The first-order chi connectivity index (χ1) is 18.3. The zero-order valence-corrected chi connectivity index (χ0v) is 22.3. The second-order valence-electron chi connectivity index (χ2n) is 10.9. The lowest BCUT2D eigenvalue weighted by molar-refractivity contribution is -0.133. The standard InChI is InChI=1S/C28H37FN6O3/c1-3-4-13-34-26(37)24-18-23(31-35(24)19-28(34,2)27(38)30-21-7-5-6-8-21)25(36)33-16-14-32(15-17-33)22-11-9-20(29)10-12-22/h9-12,18,21H,3-8,13-17,19H2,1-2H3,(H,30,38). The van der Waals surface area contributed by atoms with Crippen molar-refractivity contribution in [1.29, 1.82) is 0 Å². The molecule has 9 nitrogen and oxygen atoms in total. The van der Waals surface area contributed by atoms with Crippen molar-refractivity contribution in [2.45, 2.75) is 70.5 Å². The largest absolute Gasteiger partial charge is 0.368 e. The molecule has 2 fully saturated rings. The van der Waals surface area contributed by atoms with E-state index in [0.29, 0.717) is 38.4 Å². The van der Waals surface area contributed by atoms with Gasteiger partial charge in [-0.05, 0) is 50.5 Å². The Balaban J connectivity index is 1.32. The van der Waals surface area contributed by atoms with Crippen molar-refractivity contribution in [3.8, 4) is 0 Å².